The minimum absolute atomic E-state index is 0.0901. The molecule has 216 valence electrons. The lowest BCUT2D eigenvalue weighted by Gasteiger charge is -2.43. The molecule has 0 amide bonds. The molecule has 0 aliphatic rings. The molecule has 0 saturated carbocycles. The topological polar surface area (TPSA) is 43.4 Å². The van der Waals surface area contributed by atoms with Crippen molar-refractivity contribution >= 4 is 30.8 Å². The van der Waals surface area contributed by atoms with Gasteiger partial charge in [-0.05, 0) is 79.8 Å². The van der Waals surface area contributed by atoms with E-state index in [1.54, 1.807) is 6.92 Å². The summed E-state index contributed by atoms with van der Waals surface area (Å²) in [7, 11) is -2.65. The average Bonchev–Trinajstić information content (AvgIpc) is 2.91. The number of benzene rings is 2. The molecular formula is C36H50O3Si. The maximum Gasteiger partial charge on any atom is 0.261 e. The molecule has 2 aromatic carbocycles. The molecule has 0 spiro atoms. The molecule has 0 bridgehead atoms. The van der Waals surface area contributed by atoms with Gasteiger partial charge in [-0.3, -0.25) is 0 Å². The first-order valence-corrected chi connectivity index (χ1v) is 16.6. The Labute approximate surface area is 244 Å². The Balaban J connectivity index is 2.12. The van der Waals surface area contributed by atoms with Gasteiger partial charge in [0.05, 0.1) is 6.61 Å². The summed E-state index contributed by atoms with van der Waals surface area (Å²) < 4.78 is 7.08. The maximum atomic E-state index is 11.6. The molecule has 0 aromatic heterocycles. The Kier molecular flexibility index (Phi) is 13.7. The van der Waals surface area contributed by atoms with Crippen molar-refractivity contribution in [3.05, 3.63) is 96.1 Å². The molecule has 0 aliphatic heterocycles. The zero-order chi connectivity index (χ0) is 29.6. The number of carbonyl (C=O) groups is 2. The van der Waals surface area contributed by atoms with E-state index in [1.807, 2.05) is 0 Å². The minimum Gasteiger partial charge on any atom is -0.403 e. The summed E-state index contributed by atoms with van der Waals surface area (Å²) in [6, 6.07) is 21.3. The first-order valence-electron chi connectivity index (χ1n) is 14.7. The molecule has 1 atom stereocenters. The Morgan fingerprint density at radius 1 is 0.850 bits per heavy atom. The van der Waals surface area contributed by atoms with Crippen LogP contribution in [0.2, 0.25) is 5.04 Å². The van der Waals surface area contributed by atoms with Crippen LogP contribution in [-0.2, 0) is 14.0 Å². The molecule has 0 N–H and O–H groups in total. The number of ketones is 1. The van der Waals surface area contributed by atoms with Crippen LogP contribution < -0.4 is 10.4 Å². The van der Waals surface area contributed by atoms with Crippen LogP contribution in [-0.4, -0.2) is 27.0 Å². The third kappa shape index (κ3) is 9.98. The summed E-state index contributed by atoms with van der Waals surface area (Å²) in [6.07, 6.45) is 11.2. The van der Waals surface area contributed by atoms with Crippen molar-refractivity contribution in [2.75, 3.05) is 6.61 Å². The average molecular weight is 559 g/mol. The largest absolute Gasteiger partial charge is 0.403 e. The molecule has 0 radical (unpaired) electrons. The van der Waals surface area contributed by atoms with E-state index in [0.717, 1.165) is 44.0 Å². The van der Waals surface area contributed by atoms with Gasteiger partial charge in [-0.25, -0.2) is 0 Å². The molecule has 0 saturated heterocycles. The lowest BCUT2D eigenvalue weighted by atomic mass is 9.91. The third-order valence-electron chi connectivity index (χ3n) is 7.76. The van der Waals surface area contributed by atoms with E-state index in [-0.39, 0.29) is 16.7 Å². The molecule has 2 aromatic rings. The Morgan fingerprint density at radius 3 is 1.82 bits per heavy atom. The number of allylic oxidation sites excluding steroid dienone is 4. The molecule has 2 rings (SSSR count). The summed E-state index contributed by atoms with van der Waals surface area (Å²) >= 11 is 0. The van der Waals surface area contributed by atoms with Gasteiger partial charge in [0.1, 0.15) is 12.1 Å². The molecule has 0 fully saturated rings. The highest BCUT2D eigenvalue weighted by atomic mass is 28.4. The second-order valence-corrected chi connectivity index (χ2v) is 16.4. The summed E-state index contributed by atoms with van der Waals surface area (Å²) in [5.74, 6) is 0.329. The van der Waals surface area contributed by atoms with Crippen LogP contribution in [0.3, 0.4) is 0 Å². The second-order valence-electron chi connectivity index (χ2n) is 12.1. The number of aldehydes is 1. The van der Waals surface area contributed by atoms with Crippen LogP contribution in [0.4, 0.5) is 0 Å². The molecule has 4 heteroatoms. The highest BCUT2D eigenvalue weighted by Gasteiger charge is 2.50. The van der Waals surface area contributed by atoms with Gasteiger partial charge in [0.25, 0.3) is 8.32 Å². The van der Waals surface area contributed by atoms with Gasteiger partial charge in [0.15, 0.2) is 0 Å². The van der Waals surface area contributed by atoms with E-state index in [9.17, 15) is 9.59 Å². The van der Waals surface area contributed by atoms with Crippen molar-refractivity contribution in [3.8, 4) is 0 Å². The predicted molar refractivity (Wildman–Crippen MR) is 173 cm³/mol. The fourth-order valence-corrected chi connectivity index (χ4v) is 9.92. The van der Waals surface area contributed by atoms with Gasteiger partial charge in [0, 0.05) is 12.8 Å². The van der Waals surface area contributed by atoms with Crippen molar-refractivity contribution in [3.63, 3.8) is 0 Å². The predicted octanol–water partition coefficient (Wildman–Crippen LogP) is 8.15. The quantitative estimate of drug-likeness (QED) is 0.112. The van der Waals surface area contributed by atoms with Gasteiger partial charge in [-0.15, -0.1) is 0 Å². The smallest absolute Gasteiger partial charge is 0.261 e. The summed E-state index contributed by atoms with van der Waals surface area (Å²) in [4.78, 5) is 22.8. The number of rotatable bonds is 17. The first kappa shape index (κ1) is 33.4. The van der Waals surface area contributed by atoms with E-state index in [1.165, 1.54) is 21.5 Å². The van der Waals surface area contributed by atoms with Crippen molar-refractivity contribution < 1.29 is 14.0 Å². The van der Waals surface area contributed by atoms with E-state index in [2.05, 4.69) is 114 Å². The minimum atomic E-state index is -2.65. The van der Waals surface area contributed by atoms with Crippen molar-refractivity contribution in [2.45, 2.75) is 91.5 Å². The lowest BCUT2D eigenvalue weighted by molar-refractivity contribution is -0.117. The molecule has 3 nitrogen and oxygen atoms in total. The van der Waals surface area contributed by atoms with Gasteiger partial charge in [-0.2, -0.15) is 0 Å². The highest BCUT2D eigenvalue weighted by molar-refractivity contribution is 6.99. The van der Waals surface area contributed by atoms with E-state index in [4.69, 9.17) is 4.43 Å². The van der Waals surface area contributed by atoms with Crippen LogP contribution >= 0.6 is 0 Å². The van der Waals surface area contributed by atoms with E-state index in [0.29, 0.717) is 19.4 Å². The fourth-order valence-electron chi connectivity index (χ4n) is 5.36. The van der Waals surface area contributed by atoms with Crippen LogP contribution in [0, 0.1) is 5.92 Å². The fraction of sp³-hybridized carbons (Fsp3) is 0.444. The molecule has 0 unspecified atom stereocenters. The van der Waals surface area contributed by atoms with Gasteiger partial charge < -0.3 is 14.0 Å². The highest BCUT2D eigenvalue weighted by Crippen LogP contribution is 2.37. The van der Waals surface area contributed by atoms with Gasteiger partial charge >= 0.3 is 0 Å². The van der Waals surface area contributed by atoms with Crippen LogP contribution in [0.15, 0.2) is 96.1 Å². The van der Waals surface area contributed by atoms with Crippen molar-refractivity contribution in [1.82, 2.24) is 0 Å². The standard InChI is InChI=1S/C36H50O3Si/c1-29(18-15-19-32(4)38)16-14-17-30(2)24-25-33(26-27-37)31(3)28-39-40(36(5,6)7,34-20-10-8-11-21-34)35-22-12-9-13-23-35/h8-13,17-18,20-23,27,33H,3,14-16,19,24-26,28H2,1-2,4-7H3/b29-18+,30-17+/t33-/m1/s1. The molecular weight excluding hydrogens is 508 g/mol. The zero-order valence-electron chi connectivity index (χ0n) is 25.7. The number of Topliss-reactive ketones (excluding diaryl/α,β-unsaturated/α-hetero) is 1. The van der Waals surface area contributed by atoms with Crippen LogP contribution in [0.25, 0.3) is 0 Å². The Bertz CT molecular complexity index is 1100. The Morgan fingerprint density at radius 2 is 1.35 bits per heavy atom. The summed E-state index contributed by atoms with van der Waals surface area (Å²) in [6.45, 7) is 17.7. The maximum absolute atomic E-state index is 11.6. The summed E-state index contributed by atoms with van der Waals surface area (Å²) in [5.41, 5.74) is 3.67. The third-order valence-corrected chi connectivity index (χ3v) is 12.7. The monoisotopic (exact) mass is 558 g/mol. The SMILES string of the molecule is C=C(CO[Si](c1ccccc1)(c1ccccc1)C(C)(C)C)[C@@H](CC=O)CC/C(C)=C/CC/C(C)=C/CCC(C)=O. The van der Waals surface area contributed by atoms with Crippen molar-refractivity contribution in [2.24, 2.45) is 5.92 Å². The van der Waals surface area contributed by atoms with Gasteiger partial charge in [-0.1, -0.05) is 111 Å². The molecule has 40 heavy (non-hydrogen) atoms. The van der Waals surface area contributed by atoms with E-state index < -0.39 is 8.32 Å². The second kappa shape index (κ2) is 16.4. The normalized spacial score (nSPS) is 13.7. The number of carbonyl (C=O) groups excluding carboxylic acids is 2. The number of hydrogen-bond acceptors (Lipinski definition) is 3. The first-order chi connectivity index (χ1) is 19.0. The van der Waals surface area contributed by atoms with Crippen molar-refractivity contribution in [1.29, 1.82) is 0 Å². The zero-order valence-corrected chi connectivity index (χ0v) is 26.7. The van der Waals surface area contributed by atoms with E-state index >= 15 is 0 Å². The molecule has 0 heterocycles. The van der Waals surface area contributed by atoms with Crippen LogP contribution in [0.5, 0.6) is 0 Å². The summed E-state index contributed by atoms with van der Waals surface area (Å²) in [5, 5.41) is 2.39. The molecule has 0 aliphatic carbocycles. The number of hydrogen-bond donors (Lipinski definition) is 0. The van der Waals surface area contributed by atoms with Gasteiger partial charge in [0.2, 0.25) is 0 Å². The lowest BCUT2D eigenvalue weighted by Crippen LogP contribution is -2.66. The van der Waals surface area contributed by atoms with Crippen LogP contribution in [0.1, 0.15) is 86.5 Å². The Hall–Kier alpha value is -2.82.